The van der Waals surface area contributed by atoms with E-state index in [1.165, 1.54) is 22.8 Å². The summed E-state index contributed by atoms with van der Waals surface area (Å²) in [7, 11) is 0. The number of rotatable bonds is 6. The minimum absolute atomic E-state index is 0.133. The molecule has 3 aromatic carbocycles. The number of fused-ring (bicyclic) bond motifs is 1. The van der Waals surface area contributed by atoms with Gasteiger partial charge in [-0.05, 0) is 35.0 Å². The van der Waals surface area contributed by atoms with Crippen LogP contribution in [0, 0.1) is 0 Å². The van der Waals surface area contributed by atoms with Gasteiger partial charge < -0.3 is 14.5 Å². The van der Waals surface area contributed by atoms with Gasteiger partial charge in [0.25, 0.3) is 5.91 Å². The zero-order valence-corrected chi connectivity index (χ0v) is 17.5. The van der Waals surface area contributed by atoms with E-state index in [0.717, 1.165) is 23.4 Å². The number of carbonyl (C=O) groups excluding carboxylic acids is 2. The van der Waals surface area contributed by atoms with Crippen molar-refractivity contribution in [3.05, 3.63) is 72.8 Å². The number of hydrogen-bond acceptors (Lipinski definition) is 5. The first kappa shape index (κ1) is 20.3. The van der Waals surface area contributed by atoms with Crippen LogP contribution in [0.3, 0.4) is 0 Å². The molecule has 0 unspecified atom stereocenters. The molecule has 30 heavy (non-hydrogen) atoms. The molecule has 154 valence electrons. The van der Waals surface area contributed by atoms with Gasteiger partial charge in [0.05, 0.1) is 5.75 Å². The molecule has 0 saturated carbocycles. The van der Waals surface area contributed by atoms with E-state index in [0.29, 0.717) is 13.1 Å². The molecule has 1 aliphatic heterocycles. The number of esters is 1. The smallest absolute Gasteiger partial charge is 0.316 e. The van der Waals surface area contributed by atoms with Gasteiger partial charge in [-0.15, -0.1) is 11.8 Å². The molecular weight excluding hydrogens is 396 g/mol. The summed E-state index contributed by atoms with van der Waals surface area (Å²) < 4.78 is 5.21. The molecule has 1 aliphatic rings. The molecule has 4 rings (SSSR count). The monoisotopic (exact) mass is 420 g/mol. The summed E-state index contributed by atoms with van der Waals surface area (Å²) in [6.45, 7) is 2.64. The average Bonchev–Trinajstić information content (AvgIpc) is 2.81. The lowest BCUT2D eigenvalue weighted by atomic mass is 10.1. The molecule has 1 heterocycles. The van der Waals surface area contributed by atoms with Gasteiger partial charge in [0, 0.05) is 36.8 Å². The lowest BCUT2D eigenvalue weighted by Crippen LogP contribution is -2.49. The number of thioether (sulfide) groups is 1. The molecule has 5 nitrogen and oxygen atoms in total. The number of ether oxygens (including phenoxy) is 1. The maximum atomic E-state index is 12.4. The maximum absolute atomic E-state index is 12.4. The summed E-state index contributed by atoms with van der Waals surface area (Å²) in [6, 6.07) is 24.4. The predicted octanol–water partition coefficient (Wildman–Crippen LogP) is 3.82. The highest BCUT2D eigenvalue weighted by Crippen LogP contribution is 2.23. The maximum Gasteiger partial charge on any atom is 0.316 e. The minimum atomic E-state index is -0.371. The average molecular weight is 421 g/mol. The van der Waals surface area contributed by atoms with Crippen LogP contribution in [0.4, 0.5) is 5.69 Å². The van der Waals surface area contributed by atoms with E-state index in [1.807, 2.05) is 48.5 Å². The van der Waals surface area contributed by atoms with Gasteiger partial charge >= 0.3 is 5.97 Å². The quantitative estimate of drug-likeness (QED) is 0.448. The van der Waals surface area contributed by atoms with Gasteiger partial charge in [-0.1, -0.05) is 48.5 Å². The van der Waals surface area contributed by atoms with Crippen molar-refractivity contribution in [3.63, 3.8) is 0 Å². The third-order valence-corrected chi connectivity index (χ3v) is 6.16. The first-order valence-corrected chi connectivity index (χ1v) is 11.0. The highest BCUT2D eigenvalue weighted by Gasteiger charge is 2.22. The fourth-order valence-corrected chi connectivity index (χ4v) is 4.27. The second-order valence-corrected chi connectivity index (χ2v) is 8.21. The van der Waals surface area contributed by atoms with Crippen LogP contribution in [0.2, 0.25) is 0 Å². The Bertz CT molecular complexity index is 1020. The summed E-state index contributed by atoms with van der Waals surface area (Å²) in [5.41, 5.74) is 1.17. The lowest BCUT2D eigenvalue weighted by Gasteiger charge is -2.36. The zero-order valence-electron chi connectivity index (χ0n) is 16.7. The first-order valence-electron chi connectivity index (χ1n) is 10.0. The van der Waals surface area contributed by atoms with E-state index in [2.05, 4.69) is 29.2 Å². The second-order valence-electron chi connectivity index (χ2n) is 7.16. The van der Waals surface area contributed by atoms with Crippen molar-refractivity contribution >= 4 is 40.1 Å². The van der Waals surface area contributed by atoms with Gasteiger partial charge in [0.15, 0.2) is 6.61 Å². The van der Waals surface area contributed by atoms with Crippen LogP contribution in [0.1, 0.15) is 0 Å². The van der Waals surface area contributed by atoms with Gasteiger partial charge in [-0.3, -0.25) is 9.59 Å². The van der Waals surface area contributed by atoms with Crippen molar-refractivity contribution in [2.45, 2.75) is 4.90 Å². The molecular formula is C24H24N2O3S. The largest absolute Gasteiger partial charge is 0.455 e. The van der Waals surface area contributed by atoms with Crippen LogP contribution in [-0.4, -0.2) is 55.3 Å². The van der Waals surface area contributed by atoms with E-state index in [-0.39, 0.29) is 24.2 Å². The zero-order chi connectivity index (χ0) is 20.8. The number of carbonyl (C=O) groups is 2. The Kier molecular flexibility index (Phi) is 6.54. The number of amides is 1. The van der Waals surface area contributed by atoms with Crippen molar-refractivity contribution in [2.24, 2.45) is 0 Å². The Morgan fingerprint density at radius 2 is 1.53 bits per heavy atom. The van der Waals surface area contributed by atoms with Crippen molar-refractivity contribution < 1.29 is 14.3 Å². The van der Waals surface area contributed by atoms with Crippen molar-refractivity contribution in [1.29, 1.82) is 0 Å². The molecule has 3 aromatic rings. The van der Waals surface area contributed by atoms with E-state index >= 15 is 0 Å². The molecule has 0 N–H and O–H groups in total. The minimum Gasteiger partial charge on any atom is -0.455 e. The summed E-state index contributed by atoms with van der Waals surface area (Å²) in [6.07, 6.45) is 0. The van der Waals surface area contributed by atoms with E-state index in [9.17, 15) is 9.59 Å². The number of para-hydroxylation sites is 1. The normalized spacial score (nSPS) is 14.0. The molecule has 0 spiro atoms. The van der Waals surface area contributed by atoms with E-state index in [4.69, 9.17) is 4.74 Å². The topological polar surface area (TPSA) is 49.9 Å². The summed E-state index contributed by atoms with van der Waals surface area (Å²) in [5.74, 6) is -0.316. The molecule has 0 aromatic heterocycles. The van der Waals surface area contributed by atoms with Gasteiger partial charge in [-0.2, -0.15) is 0 Å². The Morgan fingerprint density at radius 1 is 0.833 bits per heavy atom. The highest BCUT2D eigenvalue weighted by molar-refractivity contribution is 8.00. The molecule has 0 bridgehead atoms. The number of benzene rings is 3. The predicted molar refractivity (Wildman–Crippen MR) is 121 cm³/mol. The van der Waals surface area contributed by atoms with Crippen LogP contribution >= 0.6 is 11.8 Å². The van der Waals surface area contributed by atoms with Crippen LogP contribution in [-0.2, 0) is 14.3 Å². The molecule has 1 fully saturated rings. The van der Waals surface area contributed by atoms with Crippen molar-refractivity contribution in [2.75, 3.05) is 43.4 Å². The molecule has 0 radical (unpaired) electrons. The van der Waals surface area contributed by atoms with Gasteiger partial charge in [0.2, 0.25) is 0 Å². The SMILES string of the molecule is O=C(CSc1ccc2ccccc2c1)OCC(=O)N1CCN(c2ccccc2)CC1. The number of hydrogen-bond donors (Lipinski definition) is 0. The summed E-state index contributed by atoms with van der Waals surface area (Å²) in [5, 5.41) is 2.31. The number of piperazine rings is 1. The third-order valence-electron chi connectivity index (χ3n) is 5.19. The standard InChI is InChI=1S/C24H24N2O3S/c27-23(26-14-12-25(13-15-26)21-8-2-1-3-9-21)17-29-24(28)18-30-22-11-10-19-6-4-5-7-20(19)16-22/h1-11,16H,12-15,17-18H2. The Hall–Kier alpha value is -2.99. The van der Waals surface area contributed by atoms with Gasteiger partial charge in [-0.25, -0.2) is 0 Å². The van der Waals surface area contributed by atoms with Crippen LogP contribution in [0.15, 0.2) is 77.7 Å². The van der Waals surface area contributed by atoms with E-state index < -0.39 is 0 Å². The molecule has 1 saturated heterocycles. The van der Waals surface area contributed by atoms with Gasteiger partial charge in [0.1, 0.15) is 0 Å². The summed E-state index contributed by atoms with van der Waals surface area (Å²) >= 11 is 1.42. The lowest BCUT2D eigenvalue weighted by molar-refractivity contribution is -0.150. The van der Waals surface area contributed by atoms with Crippen LogP contribution in [0.5, 0.6) is 0 Å². The number of nitrogens with zero attached hydrogens (tertiary/aromatic N) is 2. The van der Waals surface area contributed by atoms with Crippen LogP contribution < -0.4 is 4.90 Å². The van der Waals surface area contributed by atoms with Crippen molar-refractivity contribution in [1.82, 2.24) is 4.90 Å². The second kappa shape index (κ2) is 9.67. The van der Waals surface area contributed by atoms with Crippen molar-refractivity contribution in [3.8, 4) is 0 Å². The Labute approximate surface area is 180 Å². The molecule has 0 aliphatic carbocycles. The van der Waals surface area contributed by atoms with E-state index in [1.54, 1.807) is 4.90 Å². The molecule has 1 amide bonds. The highest BCUT2D eigenvalue weighted by atomic mass is 32.2. The Morgan fingerprint density at radius 3 is 2.30 bits per heavy atom. The summed E-state index contributed by atoms with van der Waals surface area (Å²) in [4.78, 5) is 29.5. The molecule has 6 heteroatoms. The van der Waals surface area contributed by atoms with Crippen LogP contribution in [0.25, 0.3) is 10.8 Å². The first-order chi connectivity index (χ1) is 14.7. The fraction of sp³-hybridized carbons (Fsp3) is 0.250. The third kappa shape index (κ3) is 5.13. The fourth-order valence-electron chi connectivity index (χ4n) is 3.53. The Balaban J connectivity index is 1.19. The number of anilines is 1. The molecule has 0 atom stereocenters.